The van der Waals surface area contributed by atoms with Gasteiger partial charge in [0.15, 0.2) is 5.13 Å². The molecule has 1 unspecified atom stereocenters. The van der Waals surface area contributed by atoms with Crippen LogP contribution >= 0.6 is 34.7 Å². The maximum Gasteiger partial charge on any atom is 0.336 e. The highest BCUT2D eigenvalue weighted by atomic mass is 35.5. The third-order valence-corrected chi connectivity index (χ3v) is 8.22. The zero-order valence-corrected chi connectivity index (χ0v) is 23.7. The molecule has 0 spiro atoms. The molecule has 2 amide bonds. The van der Waals surface area contributed by atoms with Gasteiger partial charge in [-0.25, -0.2) is 9.78 Å². The molecular formula is C31H22ClN3O4S2. The van der Waals surface area contributed by atoms with Crippen molar-refractivity contribution in [2.75, 3.05) is 10.6 Å². The molecule has 0 saturated heterocycles. The van der Waals surface area contributed by atoms with E-state index in [1.807, 2.05) is 53.9 Å². The smallest absolute Gasteiger partial charge is 0.336 e. The molecule has 0 aliphatic heterocycles. The van der Waals surface area contributed by atoms with Crippen molar-refractivity contribution in [3.8, 4) is 11.3 Å². The first kappa shape index (κ1) is 28.1. The van der Waals surface area contributed by atoms with E-state index < -0.39 is 17.1 Å². The van der Waals surface area contributed by atoms with Crippen LogP contribution in [0.15, 0.2) is 113 Å². The number of carboxylic acid groups (broad SMARTS) is 1. The molecule has 7 nitrogen and oxygen atoms in total. The Labute approximate surface area is 249 Å². The minimum atomic E-state index is -1.18. The van der Waals surface area contributed by atoms with Gasteiger partial charge >= 0.3 is 5.97 Å². The molecule has 5 rings (SSSR count). The Bertz CT molecular complexity index is 1710. The van der Waals surface area contributed by atoms with Gasteiger partial charge in [0.2, 0.25) is 5.91 Å². The minimum Gasteiger partial charge on any atom is -0.478 e. The van der Waals surface area contributed by atoms with Crippen LogP contribution in [0.5, 0.6) is 0 Å². The largest absolute Gasteiger partial charge is 0.478 e. The number of carbonyl (C=O) groups is 3. The molecule has 5 aromatic rings. The van der Waals surface area contributed by atoms with Gasteiger partial charge in [-0.05, 0) is 48.0 Å². The molecule has 0 radical (unpaired) electrons. The number of aromatic carboxylic acids is 1. The Morgan fingerprint density at radius 1 is 0.829 bits per heavy atom. The summed E-state index contributed by atoms with van der Waals surface area (Å²) >= 11 is 8.65. The Hall–Kier alpha value is -4.44. The average Bonchev–Trinajstić information content (AvgIpc) is 3.45. The van der Waals surface area contributed by atoms with Crippen molar-refractivity contribution in [1.29, 1.82) is 0 Å². The molecule has 0 bridgehead atoms. The fraction of sp³-hybridized carbons (Fsp3) is 0.0323. The number of amides is 2. The van der Waals surface area contributed by atoms with Gasteiger partial charge in [-0.3, -0.25) is 9.59 Å². The highest BCUT2D eigenvalue weighted by Gasteiger charge is 2.24. The quantitative estimate of drug-likeness (QED) is 0.149. The summed E-state index contributed by atoms with van der Waals surface area (Å²) in [6, 6.07) is 29.8. The summed E-state index contributed by atoms with van der Waals surface area (Å²) in [6.07, 6.45) is 0. The number of nitrogens with one attached hydrogen (secondary N) is 2. The number of hydrogen-bond acceptors (Lipinski definition) is 6. The molecule has 41 heavy (non-hydrogen) atoms. The normalized spacial score (nSPS) is 11.4. The van der Waals surface area contributed by atoms with Crippen molar-refractivity contribution in [3.63, 3.8) is 0 Å². The van der Waals surface area contributed by atoms with E-state index in [4.69, 9.17) is 11.6 Å². The van der Waals surface area contributed by atoms with E-state index in [9.17, 15) is 19.5 Å². The van der Waals surface area contributed by atoms with Crippen LogP contribution in [0.1, 0.15) is 31.5 Å². The van der Waals surface area contributed by atoms with E-state index in [0.717, 1.165) is 21.7 Å². The SMILES string of the molecule is O=C(O)c1ccccc1C(=O)Nc1cccc(SC(C(=O)Nc2nc(-c3ccc(Cl)cc3)cs2)c2ccccc2)c1. The highest BCUT2D eigenvalue weighted by molar-refractivity contribution is 8.00. The highest BCUT2D eigenvalue weighted by Crippen LogP contribution is 2.38. The molecule has 0 fully saturated rings. The number of nitrogens with zero attached hydrogens (tertiary/aromatic N) is 1. The zero-order chi connectivity index (χ0) is 28.8. The van der Waals surface area contributed by atoms with Crippen molar-refractivity contribution in [3.05, 3.63) is 130 Å². The monoisotopic (exact) mass is 599 g/mol. The molecule has 1 heterocycles. The van der Waals surface area contributed by atoms with Gasteiger partial charge in [-0.1, -0.05) is 72.3 Å². The first-order valence-electron chi connectivity index (χ1n) is 12.3. The summed E-state index contributed by atoms with van der Waals surface area (Å²) in [6.45, 7) is 0. The van der Waals surface area contributed by atoms with Crippen LogP contribution in [0, 0.1) is 0 Å². The number of carbonyl (C=O) groups excluding carboxylic acids is 2. The van der Waals surface area contributed by atoms with E-state index in [2.05, 4.69) is 15.6 Å². The van der Waals surface area contributed by atoms with Gasteiger partial charge in [0.1, 0.15) is 5.25 Å². The first-order valence-corrected chi connectivity index (χ1v) is 14.5. The van der Waals surface area contributed by atoms with Gasteiger partial charge in [0.05, 0.1) is 16.8 Å². The lowest BCUT2D eigenvalue weighted by atomic mass is 10.1. The summed E-state index contributed by atoms with van der Waals surface area (Å²) in [4.78, 5) is 43.3. The second kappa shape index (κ2) is 12.8. The average molecular weight is 600 g/mol. The molecule has 1 aromatic heterocycles. The van der Waals surface area contributed by atoms with Crippen molar-refractivity contribution in [1.82, 2.24) is 4.98 Å². The Kier molecular flexibility index (Phi) is 8.79. The number of thiazole rings is 1. The van der Waals surface area contributed by atoms with Crippen LogP contribution in [-0.4, -0.2) is 27.9 Å². The van der Waals surface area contributed by atoms with Crippen molar-refractivity contribution < 1.29 is 19.5 Å². The van der Waals surface area contributed by atoms with Crippen LogP contribution in [-0.2, 0) is 4.79 Å². The van der Waals surface area contributed by atoms with Crippen molar-refractivity contribution in [2.24, 2.45) is 0 Å². The Morgan fingerprint density at radius 3 is 2.27 bits per heavy atom. The predicted octanol–water partition coefficient (Wildman–Crippen LogP) is 7.89. The molecule has 3 N–H and O–H groups in total. The van der Waals surface area contributed by atoms with Gasteiger partial charge < -0.3 is 15.7 Å². The van der Waals surface area contributed by atoms with Crippen LogP contribution in [0.2, 0.25) is 5.02 Å². The number of anilines is 2. The molecule has 204 valence electrons. The second-order valence-electron chi connectivity index (χ2n) is 8.78. The summed E-state index contributed by atoms with van der Waals surface area (Å²) in [5, 5.41) is 17.5. The second-order valence-corrected chi connectivity index (χ2v) is 11.2. The molecule has 0 aliphatic carbocycles. The van der Waals surface area contributed by atoms with Crippen molar-refractivity contribution in [2.45, 2.75) is 10.1 Å². The molecule has 4 aromatic carbocycles. The number of benzene rings is 4. The van der Waals surface area contributed by atoms with Crippen LogP contribution in [0.3, 0.4) is 0 Å². The third kappa shape index (κ3) is 7.01. The summed E-state index contributed by atoms with van der Waals surface area (Å²) in [5.41, 5.74) is 2.87. The van der Waals surface area contributed by atoms with E-state index >= 15 is 0 Å². The Morgan fingerprint density at radius 2 is 1.54 bits per heavy atom. The number of thioether (sulfide) groups is 1. The van der Waals surface area contributed by atoms with Gasteiger partial charge in [-0.2, -0.15) is 0 Å². The zero-order valence-electron chi connectivity index (χ0n) is 21.3. The Balaban J connectivity index is 1.34. The fourth-order valence-electron chi connectivity index (χ4n) is 4.01. The van der Waals surface area contributed by atoms with Gasteiger partial charge in [-0.15, -0.1) is 23.1 Å². The van der Waals surface area contributed by atoms with Crippen LogP contribution in [0.25, 0.3) is 11.3 Å². The lowest BCUT2D eigenvalue weighted by Crippen LogP contribution is -2.19. The van der Waals surface area contributed by atoms with Crippen LogP contribution in [0.4, 0.5) is 10.8 Å². The molecular weight excluding hydrogens is 578 g/mol. The van der Waals surface area contributed by atoms with E-state index in [-0.39, 0.29) is 17.0 Å². The minimum absolute atomic E-state index is 0.0565. The maximum absolute atomic E-state index is 13.5. The summed E-state index contributed by atoms with van der Waals surface area (Å²) in [7, 11) is 0. The number of carboxylic acids is 1. The van der Waals surface area contributed by atoms with E-state index in [1.54, 1.807) is 42.5 Å². The fourth-order valence-corrected chi connectivity index (χ4v) is 5.94. The van der Waals surface area contributed by atoms with Crippen molar-refractivity contribution >= 4 is 63.3 Å². The first-order chi connectivity index (χ1) is 19.9. The maximum atomic E-state index is 13.5. The third-order valence-electron chi connectivity index (χ3n) is 5.96. The number of aromatic nitrogens is 1. The number of halogens is 1. The van der Waals surface area contributed by atoms with Gasteiger partial charge in [0.25, 0.3) is 5.91 Å². The van der Waals surface area contributed by atoms with Gasteiger partial charge in [0, 0.05) is 26.5 Å². The van der Waals surface area contributed by atoms with Crippen LogP contribution < -0.4 is 10.6 Å². The molecule has 0 saturated carbocycles. The summed E-state index contributed by atoms with van der Waals surface area (Å²) in [5.74, 6) is -1.97. The lowest BCUT2D eigenvalue weighted by molar-refractivity contribution is -0.115. The standard InChI is InChI=1S/C31H22ClN3O4S2/c32-21-15-13-19(14-16-21)26-18-40-31(34-26)35-29(37)27(20-7-2-1-3-8-20)41-23-10-6-9-22(17-23)33-28(36)24-11-4-5-12-25(24)30(38)39/h1-18,27H,(H,33,36)(H,38,39)(H,34,35,37). The topological polar surface area (TPSA) is 108 Å². The van der Waals surface area contributed by atoms with E-state index in [1.165, 1.54) is 35.2 Å². The number of hydrogen-bond donors (Lipinski definition) is 3. The predicted molar refractivity (Wildman–Crippen MR) is 164 cm³/mol. The molecule has 1 atom stereocenters. The summed E-state index contributed by atoms with van der Waals surface area (Å²) < 4.78 is 0. The van der Waals surface area contributed by atoms with E-state index in [0.29, 0.717) is 15.8 Å². The lowest BCUT2D eigenvalue weighted by Gasteiger charge is -2.17. The number of rotatable bonds is 9. The molecule has 0 aliphatic rings. The molecule has 10 heteroatoms.